The lowest BCUT2D eigenvalue weighted by atomic mass is 9.77. The summed E-state index contributed by atoms with van der Waals surface area (Å²) in [5.41, 5.74) is 14.5. The summed E-state index contributed by atoms with van der Waals surface area (Å²) in [4.78, 5) is 12.1. The van der Waals surface area contributed by atoms with Crippen molar-refractivity contribution < 1.29 is 11.6 Å². The van der Waals surface area contributed by atoms with Crippen molar-refractivity contribution in [2.75, 3.05) is 21.4 Å². The lowest BCUT2D eigenvalue weighted by molar-refractivity contribution is 0.483. The Morgan fingerprint density at radius 1 is 0.439 bits per heavy atom. The van der Waals surface area contributed by atoms with E-state index in [1.165, 1.54) is 48.6 Å². The van der Waals surface area contributed by atoms with Gasteiger partial charge in [0.15, 0.2) is 8.07 Å². The summed E-state index contributed by atoms with van der Waals surface area (Å²) in [6.07, 6.45) is 1.94. The Morgan fingerprint density at radius 3 is 1.72 bits per heavy atom. The van der Waals surface area contributed by atoms with Crippen molar-refractivity contribution in [1.82, 2.24) is 4.98 Å². The molecule has 0 saturated carbocycles. The number of benzene rings is 9. The molecule has 6 heteroatoms. The van der Waals surface area contributed by atoms with Gasteiger partial charge in [0, 0.05) is 40.8 Å². The van der Waals surface area contributed by atoms with Crippen LogP contribution in [0.2, 0.25) is 0 Å². The van der Waals surface area contributed by atoms with Gasteiger partial charge in [0.25, 0.3) is 0 Å². The molecule has 0 radical (unpaired) electrons. The van der Waals surface area contributed by atoms with E-state index in [1.54, 1.807) is 0 Å². The molecule has 4 heterocycles. The molecule has 0 fully saturated rings. The van der Waals surface area contributed by atoms with Gasteiger partial charge in [0.1, 0.15) is 24.0 Å². The Bertz CT molecular complexity index is 4380. The highest BCUT2D eigenvalue weighted by Crippen LogP contribution is 2.53. The van der Waals surface area contributed by atoms with Crippen LogP contribution in [0.15, 0.2) is 218 Å². The van der Waals surface area contributed by atoms with Gasteiger partial charge in [-0.1, -0.05) is 222 Å². The van der Waals surface area contributed by atoms with E-state index in [4.69, 9.17) is 13.8 Å². The van der Waals surface area contributed by atoms with E-state index in [0.29, 0.717) is 23.7 Å². The summed E-state index contributed by atoms with van der Waals surface area (Å²) in [5, 5.41) is 5.35. The monoisotopic (exact) mass is 1090 g/mol. The zero-order valence-electron chi connectivity index (χ0n) is 54.3. The smallest absolute Gasteiger partial charge is 0.185 e. The first kappa shape index (κ1) is 47.2. The average Bonchev–Trinajstić information content (AvgIpc) is 1.57. The van der Waals surface area contributed by atoms with Crippen LogP contribution in [-0.2, 0) is 21.7 Å². The summed E-state index contributed by atoms with van der Waals surface area (Å²) in [7, 11) is -2.92. The lowest BCUT2D eigenvalue weighted by Gasteiger charge is -2.43. The number of nitrogens with zero attached hydrogens (tertiary/aromatic N) is 4. The van der Waals surface area contributed by atoms with Crippen LogP contribution in [0, 0.1) is 0 Å². The third kappa shape index (κ3) is 8.85. The first-order chi connectivity index (χ1) is 41.2. The van der Waals surface area contributed by atoms with Gasteiger partial charge in [0.05, 0.1) is 29.6 Å². The van der Waals surface area contributed by atoms with Gasteiger partial charge in [0.2, 0.25) is 0 Å². The van der Waals surface area contributed by atoms with Gasteiger partial charge in [-0.15, -0.1) is 0 Å². The highest BCUT2D eigenvalue weighted by molar-refractivity contribution is 7.23. The fraction of sp³-hybridized carbons (Fsp3) is 0.224. The van der Waals surface area contributed by atoms with Crippen molar-refractivity contribution in [3.8, 4) is 44.9 Å². The highest BCUT2D eigenvalue weighted by atomic mass is 28.3. The van der Waals surface area contributed by atoms with E-state index < -0.39 is 14.1 Å². The van der Waals surface area contributed by atoms with E-state index >= 15 is 0 Å². The third-order valence-electron chi connectivity index (χ3n) is 17.0. The van der Waals surface area contributed by atoms with Gasteiger partial charge < -0.3 is 14.5 Å². The summed E-state index contributed by atoms with van der Waals surface area (Å²) in [6, 6.07) is 64.2. The Labute approximate surface area is 494 Å². The Hall–Kier alpha value is -8.45. The second-order valence-electron chi connectivity index (χ2n) is 26.6. The molecule has 0 aliphatic carbocycles. The first-order valence-corrected chi connectivity index (χ1v) is 30.8. The molecule has 0 amide bonds. The van der Waals surface area contributed by atoms with Crippen molar-refractivity contribution in [3.05, 3.63) is 241 Å². The fourth-order valence-corrected chi connectivity index (χ4v) is 18.2. The maximum atomic E-state index is 9.56. The fourth-order valence-electron chi connectivity index (χ4n) is 12.7. The molecule has 0 N–H and O–H groups in total. The van der Waals surface area contributed by atoms with E-state index in [-0.39, 0.29) is 51.4 Å². The number of rotatable bonds is 8. The van der Waals surface area contributed by atoms with Crippen molar-refractivity contribution in [1.29, 1.82) is 0 Å². The summed E-state index contributed by atoms with van der Waals surface area (Å²) in [6.45, 7) is 27.0. The summed E-state index contributed by atoms with van der Waals surface area (Å²) < 4.78 is 53.0. The molecule has 3 aliphatic rings. The molecule has 0 spiro atoms. The van der Waals surface area contributed by atoms with E-state index in [0.717, 1.165) is 56.6 Å². The number of fused-ring (bicyclic) bond motifs is 6. The predicted octanol–water partition coefficient (Wildman–Crippen LogP) is 17.8. The number of ether oxygens (including phenoxy) is 1. The minimum atomic E-state index is -2.92. The number of aromatic nitrogens is 1. The molecular formula is C76H74N4OSi. The maximum absolute atomic E-state index is 9.56. The molecule has 5 nitrogen and oxygen atoms in total. The quantitative estimate of drug-likeness (QED) is 0.142. The zero-order chi connectivity index (χ0) is 61.4. The molecular weight excluding hydrogens is 1010 g/mol. The standard InChI is InChI=1S/C76H74N4OSi/c1-73(2,3)52-39-40-77-70(46-52)80-66-35-24-32-61-60-31-19-22-36-68(60)82(72(61)66,59-29-17-14-18-30-59)69-38-37-58(48-67(69)80)81-57-28-23-27-56(47-57)78-49-79(65-34-21-20-33-64(65)78)71-62(50-25-15-13-16-26-50)44-55(76(10,11)12)45-63(71)51-41-53(74(4,5)6)43-54(42-51)75(7,8)9/h13-48H,49H2,1-12H3/i13D,15D,16D,25D,26D. The molecule has 13 rings (SSSR count). The zero-order valence-corrected chi connectivity index (χ0v) is 50.3. The Morgan fingerprint density at radius 2 is 1.02 bits per heavy atom. The topological polar surface area (TPSA) is 31.8 Å². The number of hydrogen-bond acceptors (Lipinski definition) is 5. The van der Waals surface area contributed by atoms with Gasteiger partial charge in [-0.2, -0.15) is 0 Å². The van der Waals surface area contributed by atoms with E-state index in [2.05, 4.69) is 262 Å². The Balaban J connectivity index is 0.972. The SMILES string of the molecule is [2H]c1c([2H])c([2H])c(-c2cc(C(C)(C)C)cc(-c3cc(C(C)(C)C)cc(C(C)(C)C)c3)c2N2CN(c3cccc(Oc4ccc5c(c4)N(c4cc(C(C)(C)C)ccn4)c4cccc6c4[Si]5(c4ccccc4)c4ccccc4-6)c3)c3ccccc32)c([2H])c1[2H]. The first-order valence-electron chi connectivity index (χ1n) is 31.3. The highest BCUT2D eigenvalue weighted by Gasteiger charge is 2.55. The van der Waals surface area contributed by atoms with Gasteiger partial charge >= 0.3 is 0 Å². The van der Waals surface area contributed by atoms with Crippen molar-refractivity contribution >= 4 is 68.8 Å². The molecule has 10 aromatic rings. The van der Waals surface area contributed by atoms with Crippen molar-refractivity contribution in [2.24, 2.45) is 0 Å². The molecule has 1 aromatic heterocycles. The molecule has 82 heavy (non-hydrogen) atoms. The van der Waals surface area contributed by atoms with Crippen LogP contribution in [0.3, 0.4) is 0 Å². The molecule has 1 atom stereocenters. The van der Waals surface area contributed by atoms with Crippen LogP contribution >= 0.6 is 0 Å². The summed E-state index contributed by atoms with van der Waals surface area (Å²) >= 11 is 0. The molecule has 9 aromatic carbocycles. The number of para-hydroxylation sites is 2. The maximum Gasteiger partial charge on any atom is 0.185 e. The van der Waals surface area contributed by atoms with Crippen LogP contribution in [0.1, 0.15) is 112 Å². The molecule has 408 valence electrons. The van der Waals surface area contributed by atoms with Crippen molar-refractivity contribution in [2.45, 2.75) is 105 Å². The normalized spacial score (nSPS) is 16.3. The molecule has 0 bridgehead atoms. The third-order valence-corrected chi connectivity index (χ3v) is 22.0. The van der Waals surface area contributed by atoms with Crippen LogP contribution in [0.5, 0.6) is 11.5 Å². The molecule has 1 unspecified atom stereocenters. The number of hydrogen-bond donors (Lipinski definition) is 0. The Kier molecular flexibility index (Phi) is 11.1. The number of pyridine rings is 1. The number of anilines is 7. The minimum absolute atomic E-state index is 0.114. The van der Waals surface area contributed by atoms with Gasteiger partial charge in [-0.05, 0) is 148 Å². The lowest BCUT2D eigenvalue weighted by Crippen LogP contribution is -2.75. The van der Waals surface area contributed by atoms with Crippen LogP contribution < -0.4 is 40.2 Å². The van der Waals surface area contributed by atoms with Crippen LogP contribution in [0.25, 0.3) is 33.4 Å². The molecule has 3 aliphatic heterocycles. The van der Waals surface area contributed by atoms with E-state index in [9.17, 15) is 2.74 Å². The van der Waals surface area contributed by atoms with Gasteiger partial charge in [-0.25, -0.2) is 4.98 Å². The molecule has 0 saturated heterocycles. The van der Waals surface area contributed by atoms with Gasteiger partial charge in [-0.3, -0.25) is 4.90 Å². The average molecular weight is 1090 g/mol. The minimum Gasteiger partial charge on any atom is -0.457 e. The largest absolute Gasteiger partial charge is 0.457 e. The predicted molar refractivity (Wildman–Crippen MR) is 349 cm³/mol. The van der Waals surface area contributed by atoms with Crippen LogP contribution in [0.4, 0.5) is 39.9 Å². The second kappa shape index (κ2) is 19.3. The van der Waals surface area contributed by atoms with Crippen LogP contribution in [-0.4, -0.2) is 19.7 Å². The summed E-state index contributed by atoms with van der Waals surface area (Å²) in [5.74, 6) is 2.20. The second-order valence-corrected chi connectivity index (χ2v) is 30.2. The van der Waals surface area contributed by atoms with E-state index in [1.807, 2.05) is 24.4 Å². The van der Waals surface area contributed by atoms with Crippen molar-refractivity contribution in [3.63, 3.8) is 0 Å².